The number of nitro groups is 1. The van der Waals surface area contributed by atoms with Crippen LogP contribution in [-0.4, -0.2) is 118 Å². The van der Waals surface area contributed by atoms with Crippen LogP contribution in [0.4, 0.5) is 35.9 Å². The highest BCUT2D eigenvalue weighted by Crippen LogP contribution is 2.39. The highest BCUT2D eigenvalue weighted by Gasteiger charge is 2.39. The van der Waals surface area contributed by atoms with Crippen LogP contribution >= 0.6 is 0 Å². The van der Waals surface area contributed by atoms with Crippen molar-refractivity contribution >= 4 is 44.6 Å². The molecular weight excluding hydrogens is 964 g/mol. The molecule has 0 radical (unpaired) electrons. The van der Waals surface area contributed by atoms with E-state index in [2.05, 4.69) is 10.0 Å². The fourth-order valence-corrected chi connectivity index (χ4v) is 9.40. The number of pyridine rings is 1. The molecule has 0 aliphatic carbocycles. The van der Waals surface area contributed by atoms with Crippen LogP contribution in [0.25, 0.3) is 11.3 Å². The van der Waals surface area contributed by atoms with Crippen molar-refractivity contribution in [3.05, 3.63) is 129 Å². The van der Waals surface area contributed by atoms with Gasteiger partial charge in [-0.2, -0.15) is 13.2 Å². The second-order valence-electron chi connectivity index (χ2n) is 16.5. The SMILES string of the molecule is CCOc1ccc(C(=O)N2CCN(c3ccc(-c4ccccc4OCC)nc3Cc3cccc(NS(=O)(=O)CCCOc4cc(NCCOCCN)cc(C(=O)O)c4)c3[N+](=O)[O-])[C@H](CC)C2)c(C(F)(F)F)c1. The Hall–Kier alpha value is -7.17. The lowest BCUT2D eigenvalue weighted by Gasteiger charge is -2.43. The lowest BCUT2D eigenvalue weighted by Crippen LogP contribution is -2.55. The number of benzene rings is 4. The molecule has 1 aliphatic heterocycles. The Morgan fingerprint density at radius 3 is 2.40 bits per heavy atom. The number of rotatable bonds is 25. The van der Waals surface area contributed by atoms with E-state index in [1.807, 2.05) is 43.0 Å². The molecule has 5 aromatic rings. The first-order chi connectivity index (χ1) is 34.5. The monoisotopic (exact) mass is 1020 g/mol. The maximum Gasteiger partial charge on any atom is 0.417 e. The van der Waals surface area contributed by atoms with Crippen molar-refractivity contribution in [2.75, 3.05) is 86.4 Å². The van der Waals surface area contributed by atoms with E-state index in [0.29, 0.717) is 73.4 Å². The standard InChI is InChI=1S/C50H58F3N7O11S/c1-4-36-32-58(48(61)39-16-15-37(69-5-2)31-41(39)50(51,52)53)21-22-59(36)45-18-17-42(40-12-7-8-14-46(40)70-6-3)56-44(45)29-33-11-9-13-43(47(33)60(64)65)57-72(66,67)26-10-23-71-38-28-34(49(62)63)27-35(30-38)55-20-25-68-24-19-54/h7-9,11-18,27-28,30-31,36,55,57H,4-6,10,19-26,29,32,54H2,1-3H3,(H,62,63)/t36-/m1/s1. The number of nitro benzene ring substituents is 1. The summed E-state index contributed by atoms with van der Waals surface area (Å²) in [5.74, 6) is -1.79. The molecule has 4 aromatic carbocycles. The third kappa shape index (κ3) is 14.0. The van der Waals surface area contributed by atoms with Gasteiger partial charge in [-0.05, 0) is 87.4 Å². The molecule has 0 bridgehead atoms. The van der Waals surface area contributed by atoms with Crippen LogP contribution in [0.3, 0.4) is 0 Å². The van der Waals surface area contributed by atoms with Gasteiger partial charge in [0.15, 0.2) is 0 Å². The highest BCUT2D eigenvalue weighted by atomic mass is 32.2. The third-order valence-corrected chi connectivity index (χ3v) is 12.9. The molecule has 0 saturated carbocycles. The van der Waals surface area contributed by atoms with Crippen LogP contribution in [0.2, 0.25) is 0 Å². The number of halogens is 3. The number of para-hydroxylation sites is 2. The van der Waals surface area contributed by atoms with Gasteiger partial charge in [-0.15, -0.1) is 0 Å². The van der Waals surface area contributed by atoms with E-state index in [1.165, 1.54) is 41.3 Å². The maximum atomic E-state index is 14.3. The summed E-state index contributed by atoms with van der Waals surface area (Å²) in [7, 11) is -4.22. The number of carboxylic acids is 1. The second-order valence-corrected chi connectivity index (χ2v) is 18.3. The number of piperazine rings is 1. The minimum absolute atomic E-state index is 0.0112. The van der Waals surface area contributed by atoms with Crippen molar-refractivity contribution in [3.63, 3.8) is 0 Å². The number of nitrogens with two attached hydrogens (primary N) is 1. The average molecular weight is 1020 g/mol. The number of hydrogen-bond donors (Lipinski definition) is 4. The molecule has 386 valence electrons. The number of nitrogens with one attached hydrogen (secondary N) is 2. The first-order valence-electron chi connectivity index (χ1n) is 23.4. The molecule has 1 aliphatic rings. The molecule has 6 rings (SSSR count). The number of anilines is 3. The van der Waals surface area contributed by atoms with Crippen LogP contribution in [0.1, 0.15) is 71.1 Å². The molecule has 2 heterocycles. The highest BCUT2D eigenvalue weighted by molar-refractivity contribution is 7.92. The van der Waals surface area contributed by atoms with Crippen molar-refractivity contribution in [1.29, 1.82) is 0 Å². The van der Waals surface area contributed by atoms with Gasteiger partial charge in [0.25, 0.3) is 11.6 Å². The van der Waals surface area contributed by atoms with Gasteiger partial charge in [-0.25, -0.2) is 13.2 Å². The van der Waals surface area contributed by atoms with Crippen molar-refractivity contribution in [1.82, 2.24) is 9.88 Å². The first kappa shape index (κ1) is 54.2. The molecule has 18 nitrogen and oxygen atoms in total. The van der Waals surface area contributed by atoms with E-state index in [9.17, 15) is 46.4 Å². The Bertz CT molecular complexity index is 2820. The van der Waals surface area contributed by atoms with Gasteiger partial charge in [0.1, 0.15) is 22.9 Å². The number of aromatic nitrogens is 1. The minimum atomic E-state index is -4.83. The van der Waals surface area contributed by atoms with Crippen LogP contribution in [0.15, 0.2) is 91.0 Å². The van der Waals surface area contributed by atoms with Gasteiger partial charge in [0.05, 0.1) is 77.5 Å². The molecule has 1 aromatic heterocycles. The number of hydrogen-bond acceptors (Lipinski definition) is 14. The predicted octanol–water partition coefficient (Wildman–Crippen LogP) is 8.10. The Morgan fingerprint density at radius 2 is 1.69 bits per heavy atom. The van der Waals surface area contributed by atoms with E-state index in [4.69, 9.17) is 29.7 Å². The number of carboxylic acid groups (broad SMARTS) is 1. The van der Waals surface area contributed by atoms with Gasteiger partial charge >= 0.3 is 12.1 Å². The third-order valence-electron chi connectivity index (χ3n) is 11.5. The van der Waals surface area contributed by atoms with Crippen LogP contribution < -0.4 is 34.9 Å². The normalized spacial score (nSPS) is 13.9. The second kappa shape index (κ2) is 24.8. The molecule has 1 atom stereocenters. The van der Waals surface area contributed by atoms with E-state index >= 15 is 0 Å². The lowest BCUT2D eigenvalue weighted by atomic mass is 10.00. The zero-order valence-electron chi connectivity index (χ0n) is 40.1. The van der Waals surface area contributed by atoms with E-state index in [0.717, 1.165) is 12.1 Å². The number of carbonyl (C=O) groups excluding carboxylic acids is 1. The minimum Gasteiger partial charge on any atom is -0.494 e. The first-order valence-corrected chi connectivity index (χ1v) is 25.0. The number of alkyl halides is 3. The smallest absolute Gasteiger partial charge is 0.417 e. The summed E-state index contributed by atoms with van der Waals surface area (Å²) in [6, 6.07) is 22.2. The molecular formula is C50H58F3N7O11S. The maximum absolute atomic E-state index is 14.3. The van der Waals surface area contributed by atoms with Crippen molar-refractivity contribution < 1.29 is 60.2 Å². The molecule has 1 amide bonds. The van der Waals surface area contributed by atoms with Crippen LogP contribution in [-0.2, 0) is 27.4 Å². The topological polar surface area (TPSA) is 238 Å². The number of ether oxygens (including phenoxy) is 4. The Balaban J connectivity index is 1.25. The Morgan fingerprint density at radius 1 is 0.917 bits per heavy atom. The lowest BCUT2D eigenvalue weighted by molar-refractivity contribution is -0.384. The van der Waals surface area contributed by atoms with Crippen molar-refractivity contribution in [2.45, 2.75) is 52.3 Å². The average Bonchev–Trinajstić information content (AvgIpc) is 3.34. The molecule has 1 fully saturated rings. The molecule has 72 heavy (non-hydrogen) atoms. The zero-order valence-corrected chi connectivity index (χ0v) is 40.9. The number of sulfonamides is 1. The van der Waals surface area contributed by atoms with Gasteiger partial charge in [0, 0.05) is 68.1 Å². The van der Waals surface area contributed by atoms with Crippen LogP contribution in [0, 0.1) is 10.1 Å². The quantitative estimate of drug-likeness (QED) is 0.0245. The zero-order chi connectivity index (χ0) is 52.0. The summed E-state index contributed by atoms with van der Waals surface area (Å²) in [6.07, 6.45) is -4.61. The summed E-state index contributed by atoms with van der Waals surface area (Å²) in [6.45, 7) is 7.38. The van der Waals surface area contributed by atoms with Crippen molar-refractivity contribution in [2.24, 2.45) is 5.73 Å². The van der Waals surface area contributed by atoms with Gasteiger partial charge in [-0.3, -0.25) is 24.6 Å². The Kier molecular flexibility index (Phi) is 18.6. The molecule has 1 saturated heterocycles. The van der Waals surface area contributed by atoms with Gasteiger partial charge in [0.2, 0.25) is 10.0 Å². The number of nitrogens with zero attached hydrogens (tertiary/aromatic N) is 4. The van der Waals surface area contributed by atoms with Gasteiger partial charge in [-0.1, -0.05) is 31.2 Å². The molecule has 0 spiro atoms. The van der Waals surface area contributed by atoms with Crippen LogP contribution in [0.5, 0.6) is 17.2 Å². The number of amides is 1. The largest absolute Gasteiger partial charge is 0.494 e. The van der Waals surface area contributed by atoms with E-state index in [1.54, 1.807) is 25.1 Å². The van der Waals surface area contributed by atoms with Gasteiger partial charge < -0.3 is 44.9 Å². The summed E-state index contributed by atoms with van der Waals surface area (Å²) < 4.78 is 94.6. The summed E-state index contributed by atoms with van der Waals surface area (Å²) in [5, 5.41) is 25.6. The van der Waals surface area contributed by atoms with E-state index in [-0.39, 0.29) is 74.0 Å². The van der Waals surface area contributed by atoms with E-state index < -0.39 is 61.6 Å². The molecule has 0 unspecified atom stereocenters. The molecule has 5 N–H and O–H groups in total. The summed E-state index contributed by atoms with van der Waals surface area (Å²) >= 11 is 0. The fourth-order valence-electron chi connectivity index (χ4n) is 8.30. The molecule has 22 heteroatoms. The summed E-state index contributed by atoms with van der Waals surface area (Å²) in [5.41, 5.74) is 5.58. The predicted molar refractivity (Wildman–Crippen MR) is 266 cm³/mol. The summed E-state index contributed by atoms with van der Waals surface area (Å²) in [4.78, 5) is 46.4. The Labute approximate surface area is 415 Å². The number of carbonyl (C=O) groups is 2. The van der Waals surface area contributed by atoms with Crippen molar-refractivity contribution in [3.8, 4) is 28.5 Å². The number of aromatic carboxylic acids is 1. The fraction of sp³-hybridized carbons (Fsp3) is 0.380.